The van der Waals surface area contributed by atoms with Gasteiger partial charge in [-0.3, -0.25) is 0 Å². The van der Waals surface area contributed by atoms with Crippen LogP contribution in [0.4, 0.5) is 5.69 Å². The summed E-state index contributed by atoms with van der Waals surface area (Å²) in [4.78, 5) is 14.5. The SMILES string of the molecule is CCOC(=O)c1cc2cc(O)c(N3C=C(O)NS3(=O)=O)cc2[nH]1. The third-order valence-electron chi connectivity index (χ3n) is 3.18. The topological polar surface area (TPSA) is 132 Å². The highest BCUT2D eigenvalue weighted by molar-refractivity contribution is 7.91. The summed E-state index contributed by atoms with van der Waals surface area (Å²) in [6.07, 6.45) is 0.922. The van der Waals surface area contributed by atoms with Crippen LogP contribution in [0.5, 0.6) is 5.75 Å². The maximum Gasteiger partial charge on any atom is 0.354 e. The Balaban J connectivity index is 2.10. The molecule has 0 atom stereocenters. The molecule has 10 heteroatoms. The van der Waals surface area contributed by atoms with E-state index in [9.17, 15) is 23.4 Å². The van der Waals surface area contributed by atoms with Gasteiger partial charge in [0.25, 0.3) is 0 Å². The molecule has 0 radical (unpaired) electrons. The number of aromatic nitrogens is 1. The van der Waals surface area contributed by atoms with Gasteiger partial charge in [0, 0.05) is 10.9 Å². The first-order valence-electron chi connectivity index (χ1n) is 6.57. The number of fused-ring (bicyclic) bond motifs is 1. The number of H-pyrrole nitrogens is 1. The van der Waals surface area contributed by atoms with Crippen molar-refractivity contribution in [1.29, 1.82) is 0 Å². The van der Waals surface area contributed by atoms with E-state index in [1.54, 1.807) is 6.92 Å². The van der Waals surface area contributed by atoms with Gasteiger partial charge in [-0.05, 0) is 25.1 Å². The lowest BCUT2D eigenvalue weighted by molar-refractivity contribution is 0.0520. The molecule has 2 heterocycles. The van der Waals surface area contributed by atoms with E-state index < -0.39 is 22.1 Å². The van der Waals surface area contributed by atoms with Crippen LogP contribution < -0.4 is 9.03 Å². The third-order valence-corrected chi connectivity index (χ3v) is 4.47. The highest BCUT2D eigenvalue weighted by Crippen LogP contribution is 2.35. The Bertz CT molecular complexity index is 931. The predicted octanol–water partition coefficient (Wildman–Crippen LogP) is 1.06. The number of ether oxygens (including phenoxy) is 1. The van der Waals surface area contributed by atoms with Crippen molar-refractivity contribution in [3.63, 3.8) is 0 Å². The second kappa shape index (κ2) is 5.09. The molecular formula is C13H13N3O6S. The number of aliphatic hydroxyl groups excluding tert-OH is 1. The van der Waals surface area contributed by atoms with Crippen molar-refractivity contribution in [3.05, 3.63) is 36.0 Å². The number of hydrogen-bond acceptors (Lipinski definition) is 6. The molecule has 0 saturated heterocycles. The van der Waals surface area contributed by atoms with Crippen LogP contribution in [-0.2, 0) is 14.9 Å². The van der Waals surface area contributed by atoms with Crippen molar-refractivity contribution in [3.8, 4) is 5.75 Å². The van der Waals surface area contributed by atoms with Gasteiger partial charge < -0.3 is 19.9 Å². The molecule has 0 saturated carbocycles. The zero-order valence-corrected chi connectivity index (χ0v) is 12.7. The second-order valence-corrected chi connectivity index (χ2v) is 6.30. The van der Waals surface area contributed by atoms with Gasteiger partial charge in [-0.15, -0.1) is 0 Å². The Morgan fingerprint density at radius 3 is 2.65 bits per heavy atom. The normalized spacial score (nSPS) is 16.2. The summed E-state index contributed by atoms with van der Waals surface area (Å²) in [7, 11) is -4.02. The minimum atomic E-state index is -4.02. The number of esters is 1. The summed E-state index contributed by atoms with van der Waals surface area (Å²) in [6, 6.07) is 4.14. The summed E-state index contributed by atoms with van der Waals surface area (Å²) in [5, 5.41) is 19.9. The zero-order chi connectivity index (χ0) is 16.8. The van der Waals surface area contributed by atoms with Crippen LogP contribution in [0.15, 0.2) is 30.3 Å². The smallest absolute Gasteiger partial charge is 0.354 e. The molecule has 0 amide bonds. The average Bonchev–Trinajstić information content (AvgIpc) is 2.97. The Morgan fingerprint density at radius 2 is 2.04 bits per heavy atom. The number of phenols is 1. The molecule has 1 aromatic carbocycles. The number of nitrogens with zero attached hydrogens (tertiary/aromatic N) is 1. The van der Waals surface area contributed by atoms with Gasteiger partial charge in [0.2, 0.25) is 5.88 Å². The van der Waals surface area contributed by atoms with Crippen molar-refractivity contribution in [1.82, 2.24) is 9.71 Å². The Hall–Kier alpha value is -2.88. The van der Waals surface area contributed by atoms with Crippen molar-refractivity contribution in [2.75, 3.05) is 10.9 Å². The summed E-state index contributed by atoms with van der Waals surface area (Å²) in [6.45, 7) is 1.89. The Kier molecular flexibility index (Phi) is 3.33. The maximum atomic E-state index is 11.9. The quantitative estimate of drug-likeness (QED) is 0.618. The van der Waals surface area contributed by atoms with Crippen molar-refractivity contribution in [2.45, 2.75) is 6.92 Å². The lowest BCUT2D eigenvalue weighted by Crippen LogP contribution is -2.29. The van der Waals surface area contributed by atoms with E-state index in [0.717, 1.165) is 6.20 Å². The Morgan fingerprint density at radius 1 is 1.30 bits per heavy atom. The van der Waals surface area contributed by atoms with Gasteiger partial charge in [0.1, 0.15) is 17.1 Å². The standard InChI is InChI=1S/C13H13N3O6S/c1-2-22-13(19)9-3-7-4-11(17)10(5-8(7)14-9)16-6-12(18)15-23(16,20)21/h3-6,14-15,17-18H,2H2,1H3. The number of aliphatic hydroxyl groups is 1. The molecule has 1 aliphatic heterocycles. The molecule has 122 valence electrons. The molecule has 0 aliphatic carbocycles. The summed E-state index contributed by atoms with van der Waals surface area (Å²) >= 11 is 0. The van der Waals surface area contributed by atoms with Crippen molar-refractivity contribution < 1.29 is 28.2 Å². The van der Waals surface area contributed by atoms with Gasteiger partial charge in [-0.1, -0.05) is 0 Å². The number of carbonyl (C=O) groups excluding carboxylic acids is 1. The molecular weight excluding hydrogens is 326 g/mol. The highest BCUT2D eigenvalue weighted by Gasteiger charge is 2.31. The number of aromatic amines is 1. The van der Waals surface area contributed by atoms with Gasteiger partial charge in [-0.2, -0.15) is 8.42 Å². The number of rotatable bonds is 3. The first-order chi connectivity index (χ1) is 10.8. The lowest BCUT2D eigenvalue weighted by atomic mass is 10.2. The lowest BCUT2D eigenvalue weighted by Gasteiger charge is -2.15. The van der Waals surface area contributed by atoms with Gasteiger partial charge in [0.15, 0.2) is 0 Å². The van der Waals surface area contributed by atoms with Crippen LogP contribution in [0.25, 0.3) is 10.9 Å². The largest absolute Gasteiger partial charge is 0.506 e. The van der Waals surface area contributed by atoms with E-state index in [1.165, 1.54) is 18.2 Å². The van der Waals surface area contributed by atoms with E-state index in [2.05, 4.69) is 4.98 Å². The zero-order valence-electron chi connectivity index (χ0n) is 11.9. The maximum absolute atomic E-state index is 11.9. The minimum absolute atomic E-state index is 0.0775. The fraction of sp³-hybridized carbons (Fsp3) is 0.154. The van der Waals surface area contributed by atoms with Crippen LogP contribution in [0, 0.1) is 0 Å². The number of carbonyl (C=O) groups is 1. The van der Waals surface area contributed by atoms with Crippen molar-refractivity contribution in [2.24, 2.45) is 0 Å². The molecule has 23 heavy (non-hydrogen) atoms. The number of nitrogens with one attached hydrogen (secondary N) is 2. The average molecular weight is 339 g/mol. The molecule has 4 N–H and O–H groups in total. The van der Waals surface area contributed by atoms with Crippen LogP contribution in [0.1, 0.15) is 17.4 Å². The Labute approximate surface area is 131 Å². The van der Waals surface area contributed by atoms with Crippen LogP contribution in [-0.4, -0.2) is 36.2 Å². The molecule has 9 nitrogen and oxygen atoms in total. The van der Waals surface area contributed by atoms with E-state index in [-0.39, 0.29) is 23.7 Å². The molecule has 3 rings (SSSR count). The van der Waals surface area contributed by atoms with E-state index in [1.807, 2.05) is 4.72 Å². The number of benzene rings is 1. The summed E-state index contributed by atoms with van der Waals surface area (Å²) in [5.41, 5.74) is 0.529. The minimum Gasteiger partial charge on any atom is -0.506 e. The van der Waals surface area contributed by atoms with Crippen LogP contribution >= 0.6 is 0 Å². The molecule has 0 fully saturated rings. The molecule has 1 aliphatic rings. The van der Waals surface area contributed by atoms with E-state index >= 15 is 0 Å². The third kappa shape index (κ3) is 2.52. The molecule has 1 aromatic heterocycles. The van der Waals surface area contributed by atoms with Crippen LogP contribution in [0.3, 0.4) is 0 Å². The molecule has 0 unspecified atom stereocenters. The van der Waals surface area contributed by atoms with Gasteiger partial charge in [0.05, 0.1) is 12.8 Å². The number of anilines is 1. The predicted molar refractivity (Wildman–Crippen MR) is 81.2 cm³/mol. The fourth-order valence-corrected chi connectivity index (χ4v) is 3.30. The number of aromatic hydroxyl groups is 1. The fourth-order valence-electron chi connectivity index (χ4n) is 2.24. The molecule has 0 bridgehead atoms. The first kappa shape index (κ1) is 15.0. The second-order valence-electron chi connectivity index (χ2n) is 4.75. The first-order valence-corrected chi connectivity index (χ1v) is 8.01. The molecule has 0 spiro atoms. The van der Waals surface area contributed by atoms with Gasteiger partial charge in [-0.25, -0.2) is 13.8 Å². The monoisotopic (exact) mass is 339 g/mol. The summed E-state index contributed by atoms with van der Waals surface area (Å²) in [5.74, 6) is -1.45. The van der Waals surface area contributed by atoms with Crippen molar-refractivity contribution >= 4 is 32.8 Å². The molecule has 2 aromatic rings. The van der Waals surface area contributed by atoms with Gasteiger partial charge >= 0.3 is 16.2 Å². The van der Waals surface area contributed by atoms with E-state index in [0.29, 0.717) is 15.2 Å². The highest BCUT2D eigenvalue weighted by atomic mass is 32.2. The number of phenolic OH excluding ortho intramolecular Hbond substituents is 1. The number of hydrogen-bond donors (Lipinski definition) is 4. The summed E-state index contributed by atoms with van der Waals surface area (Å²) < 4.78 is 31.2. The van der Waals surface area contributed by atoms with E-state index in [4.69, 9.17) is 4.74 Å². The van der Waals surface area contributed by atoms with Crippen LogP contribution in [0.2, 0.25) is 0 Å².